The zero-order valence-corrected chi connectivity index (χ0v) is 17.4. The van der Waals surface area contributed by atoms with E-state index >= 15 is 0 Å². The Balaban J connectivity index is 1.11. The summed E-state index contributed by atoms with van der Waals surface area (Å²) in [5, 5.41) is 21.7. The van der Waals surface area contributed by atoms with E-state index in [2.05, 4.69) is 30.3 Å². The summed E-state index contributed by atoms with van der Waals surface area (Å²) in [6, 6.07) is 3.69. The number of pyridine rings is 1. The second-order valence-corrected chi connectivity index (χ2v) is 8.75. The third-order valence-corrected chi connectivity index (χ3v) is 6.96. The Kier molecular flexibility index (Phi) is 5.41. The molecular formula is C21H27N7O3. The van der Waals surface area contributed by atoms with Gasteiger partial charge in [0.2, 0.25) is 0 Å². The summed E-state index contributed by atoms with van der Waals surface area (Å²) in [6.07, 6.45) is 8.84. The van der Waals surface area contributed by atoms with E-state index in [0.29, 0.717) is 24.4 Å². The Hall–Kier alpha value is -2.85. The molecule has 2 fully saturated rings. The lowest BCUT2D eigenvalue weighted by atomic mass is 9.71. The molecule has 2 aromatic rings. The molecule has 0 aliphatic carbocycles. The molecule has 1 spiro atoms. The van der Waals surface area contributed by atoms with Crippen molar-refractivity contribution in [3.8, 4) is 5.82 Å². The molecular weight excluding hydrogens is 398 g/mol. The molecule has 0 aromatic carbocycles. The van der Waals surface area contributed by atoms with Crippen molar-refractivity contribution in [3.63, 3.8) is 0 Å². The number of nitrogens with zero attached hydrogens (tertiary/aromatic N) is 7. The fourth-order valence-electron chi connectivity index (χ4n) is 4.87. The maximum atomic E-state index is 11.3. The minimum Gasteiger partial charge on any atom is -0.456 e. The zero-order chi connectivity index (χ0) is 21.3. The number of hydrogen-bond acceptors (Lipinski definition) is 9. The third-order valence-electron chi connectivity index (χ3n) is 6.96. The lowest BCUT2D eigenvalue weighted by Gasteiger charge is -2.47. The van der Waals surface area contributed by atoms with E-state index in [4.69, 9.17) is 4.74 Å². The van der Waals surface area contributed by atoms with Gasteiger partial charge in [-0.2, -0.15) is 4.68 Å². The van der Waals surface area contributed by atoms with Crippen LogP contribution in [0.4, 0.5) is 0 Å². The molecule has 5 heterocycles. The minimum absolute atomic E-state index is 0.220. The molecule has 2 aromatic heterocycles. The van der Waals surface area contributed by atoms with Crippen LogP contribution < -0.4 is 0 Å². The number of piperidine rings is 2. The molecule has 2 saturated heterocycles. The second-order valence-electron chi connectivity index (χ2n) is 8.75. The van der Waals surface area contributed by atoms with Crippen molar-refractivity contribution in [1.29, 1.82) is 0 Å². The van der Waals surface area contributed by atoms with Crippen LogP contribution in [-0.2, 0) is 9.53 Å². The Morgan fingerprint density at radius 2 is 1.90 bits per heavy atom. The van der Waals surface area contributed by atoms with Crippen LogP contribution in [0.2, 0.25) is 0 Å². The quantitative estimate of drug-likeness (QED) is 0.693. The number of hydrogen-bond donors (Lipinski definition) is 1. The molecule has 1 atom stereocenters. The Morgan fingerprint density at radius 3 is 2.52 bits per heavy atom. The van der Waals surface area contributed by atoms with Gasteiger partial charge in [0.15, 0.2) is 5.82 Å². The van der Waals surface area contributed by atoms with Crippen LogP contribution in [0, 0.1) is 5.41 Å². The number of β-amino-alcohol motifs (C(OH)–C–C–N with tert-alkyl or cyclic N) is 1. The van der Waals surface area contributed by atoms with E-state index in [-0.39, 0.29) is 5.97 Å². The monoisotopic (exact) mass is 425 g/mol. The maximum absolute atomic E-state index is 11.3. The van der Waals surface area contributed by atoms with Crippen LogP contribution in [0.1, 0.15) is 37.4 Å². The Morgan fingerprint density at radius 1 is 1.13 bits per heavy atom. The van der Waals surface area contributed by atoms with E-state index in [0.717, 1.165) is 63.1 Å². The number of aliphatic hydroxyl groups excluding tert-OH is 1. The largest absolute Gasteiger partial charge is 0.456 e. The number of aromatic nitrogens is 5. The van der Waals surface area contributed by atoms with E-state index in [9.17, 15) is 9.90 Å². The van der Waals surface area contributed by atoms with Gasteiger partial charge in [0.25, 0.3) is 0 Å². The van der Waals surface area contributed by atoms with Crippen LogP contribution in [-0.4, -0.2) is 85.4 Å². The van der Waals surface area contributed by atoms with Gasteiger partial charge in [-0.15, -0.1) is 5.10 Å². The lowest BCUT2D eigenvalue weighted by Crippen LogP contribution is -2.47. The number of esters is 1. The highest BCUT2D eigenvalue weighted by Gasteiger charge is 2.38. The van der Waals surface area contributed by atoms with Gasteiger partial charge >= 0.3 is 5.97 Å². The van der Waals surface area contributed by atoms with E-state index in [1.807, 2.05) is 12.1 Å². The number of carbonyl (C=O) groups excluding carboxylic acids is 1. The average Bonchev–Trinajstić information content (AvgIpc) is 3.48. The molecule has 10 heteroatoms. The first-order valence-electron chi connectivity index (χ1n) is 10.8. The van der Waals surface area contributed by atoms with Crippen LogP contribution in [0.15, 0.2) is 36.4 Å². The van der Waals surface area contributed by atoms with Crippen LogP contribution in [0.25, 0.3) is 5.82 Å². The molecule has 3 aliphatic rings. The fourth-order valence-corrected chi connectivity index (χ4v) is 4.87. The smallest absolute Gasteiger partial charge is 0.333 e. The number of carbonyl (C=O) groups is 1. The zero-order valence-electron chi connectivity index (χ0n) is 17.4. The maximum Gasteiger partial charge on any atom is 0.333 e. The Labute approximate surface area is 180 Å². The molecule has 10 nitrogen and oxygen atoms in total. The second kappa shape index (κ2) is 8.35. The predicted octanol–water partition coefficient (Wildman–Crippen LogP) is 0.709. The van der Waals surface area contributed by atoms with E-state index < -0.39 is 6.10 Å². The molecule has 0 amide bonds. The molecule has 3 aliphatic heterocycles. The summed E-state index contributed by atoms with van der Waals surface area (Å²) in [6.45, 7) is 5.01. The fraction of sp³-hybridized carbons (Fsp3) is 0.571. The highest BCUT2D eigenvalue weighted by molar-refractivity contribution is 5.85. The van der Waals surface area contributed by atoms with Crippen molar-refractivity contribution >= 4 is 5.97 Å². The van der Waals surface area contributed by atoms with Crippen LogP contribution >= 0.6 is 0 Å². The topological polar surface area (TPSA) is 110 Å². The minimum atomic E-state index is -0.571. The summed E-state index contributed by atoms with van der Waals surface area (Å²) in [4.78, 5) is 20.3. The molecule has 0 unspecified atom stereocenters. The normalized spacial score (nSPS) is 22.4. The highest BCUT2D eigenvalue weighted by Crippen LogP contribution is 2.42. The third kappa shape index (κ3) is 4.31. The Bertz CT molecular complexity index is 926. The van der Waals surface area contributed by atoms with Gasteiger partial charge in [-0.05, 0) is 60.7 Å². The highest BCUT2D eigenvalue weighted by atomic mass is 16.5. The molecule has 5 rings (SSSR count). The van der Waals surface area contributed by atoms with Crippen molar-refractivity contribution in [2.45, 2.75) is 31.8 Å². The van der Waals surface area contributed by atoms with Crippen molar-refractivity contribution in [2.75, 3.05) is 39.3 Å². The van der Waals surface area contributed by atoms with Gasteiger partial charge in [-0.3, -0.25) is 0 Å². The number of tetrazole rings is 1. The first kappa shape index (κ1) is 20.1. The molecule has 31 heavy (non-hydrogen) atoms. The molecule has 0 bridgehead atoms. The van der Waals surface area contributed by atoms with Gasteiger partial charge in [0.1, 0.15) is 12.9 Å². The van der Waals surface area contributed by atoms with Crippen molar-refractivity contribution in [1.82, 2.24) is 35.0 Å². The number of rotatable bonds is 5. The first-order valence-corrected chi connectivity index (χ1v) is 10.8. The van der Waals surface area contributed by atoms with E-state index in [1.165, 1.54) is 11.0 Å². The van der Waals surface area contributed by atoms with Crippen molar-refractivity contribution in [3.05, 3.63) is 42.0 Å². The lowest BCUT2D eigenvalue weighted by molar-refractivity contribution is -0.135. The SMILES string of the molecule is O=C1C=C(N2CCC3(CCN(C[C@H](O)c4ccc(-n5cnnn5)nc4)CC3)CC2)CO1. The molecule has 1 N–H and O–H groups in total. The molecule has 0 saturated carbocycles. The number of ether oxygens (including phenoxy) is 1. The summed E-state index contributed by atoms with van der Waals surface area (Å²) >= 11 is 0. The number of aliphatic hydroxyl groups is 1. The summed E-state index contributed by atoms with van der Waals surface area (Å²) in [5.41, 5.74) is 2.21. The van der Waals surface area contributed by atoms with Gasteiger partial charge in [-0.25, -0.2) is 9.78 Å². The molecule has 164 valence electrons. The summed E-state index contributed by atoms with van der Waals surface area (Å²) in [7, 11) is 0. The summed E-state index contributed by atoms with van der Waals surface area (Å²) < 4.78 is 6.54. The van der Waals surface area contributed by atoms with Crippen molar-refractivity contribution < 1.29 is 14.6 Å². The van der Waals surface area contributed by atoms with Crippen LogP contribution in [0.3, 0.4) is 0 Å². The van der Waals surface area contributed by atoms with Gasteiger partial charge in [-0.1, -0.05) is 6.07 Å². The number of cyclic esters (lactones) is 1. The predicted molar refractivity (Wildman–Crippen MR) is 110 cm³/mol. The number of likely N-dealkylation sites (tertiary alicyclic amines) is 2. The van der Waals surface area contributed by atoms with Crippen LogP contribution in [0.5, 0.6) is 0 Å². The van der Waals surface area contributed by atoms with E-state index in [1.54, 1.807) is 12.3 Å². The standard InChI is InChI=1S/C21H27N7O3/c29-18(16-1-2-19(22-12-16)28-15-23-24-25-28)13-26-7-3-21(4-8-26)5-9-27(10-6-21)17-11-20(30)31-14-17/h1-2,11-12,15,18,29H,3-10,13-14H2/t18-/m0/s1. The average molecular weight is 425 g/mol. The molecule has 0 radical (unpaired) electrons. The first-order chi connectivity index (χ1) is 15.1. The van der Waals surface area contributed by atoms with Gasteiger partial charge in [0.05, 0.1) is 11.8 Å². The summed E-state index contributed by atoms with van der Waals surface area (Å²) in [5.74, 6) is 0.402. The van der Waals surface area contributed by atoms with Crippen molar-refractivity contribution in [2.24, 2.45) is 5.41 Å². The van der Waals surface area contributed by atoms with Gasteiger partial charge < -0.3 is 19.6 Å². The van der Waals surface area contributed by atoms with Gasteiger partial charge in [0, 0.05) is 37.5 Å².